The Hall–Kier alpha value is -3.02. The van der Waals surface area contributed by atoms with Gasteiger partial charge in [-0.1, -0.05) is 12.1 Å². The van der Waals surface area contributed by atoms with Gasteiger partial charge in [0.25, 0.3) is 0 Å². The minimum atomic E-state index is -0.458. The summed E-state index contributed by atoms with van der Waals surface area (Å²) in [5, 5.41) is 0.315. The van der Waals surface area contributed by atoms with Crippen LogP contribution in [-0.2, 0) is 0 Å². The predicted octanol–water partition coefficient (Wildman–Crippen LogP) is 3.36. The lowest BCUT2D eigenvalue weighted by Crippen LogP contribution is -2.11. The molecule has 0 spiro atoms. The molecule has 5 nitrogen and oxygen atoms in total. The molecule has 1 aromatic heterocycles. The van der Waals surface area contributed by atoms with E-state index in [0.717, 1.165) is 0 Å². The Labute approximate surface area is 137 Å². The van der Waals surface area contributed by atoms with Gasteiger partial charge in [0, 0.05) is 17.7 Å². The van der Waals surface area contributed by atoms with E-state index in [2.05, 4.69) is 4.98 Å². The van der Waals surface area contributed by atoms with Crippen molar-refractivity contribution in [3.8, 4) is 28.5 Å². The van der Waals surface area contributed by atoms with Crippen molar-refractivity contribution in [2.45, 2.75) is 0 Å². The van der Waals surface area contributed by atoms with Crippen LogP contribution in [0.25, 0.3) is 22.2 Å². The van der Waals surface area contributed by atoms with Crippen molar-refractivity contribution < 1.29 is 18.6 Å². The molecule has 0 unspecified atom stereocenters. The average molecular weight is 329 g/mol. The number of ether oxygens (including phenoxy) is 3. The van der Waals surface area contributed by atoms with Crippen molar-refractivity contribution in [2.75, 3.05) is 21.3 Å². The molecule has 1 heterocycles. The zero-order valence-corrected chi connectivity index (χ0v) is 13.5. The van der Waals surface area contributed by atoms with Crippen molar-refractivity contribution in [3.05, 3.63) is 52.4 Å². The molecule has 2 aromatic carbocycles. The van der Waals surface area contributed by atoms with Gasteiger partial charge in [0.05, 0.1) is 37.9 Å². The first-order valence-corrected chi connectivity index (χ1v) is 7.21. The number of aromatic amines is 1. The van der Waals surface area contributed by atoms with E-state index in [-0.39, 0.29) is 22.4 Å². The van der Waals surface area contributed by atoms with E-state index in [1.807, 2.05) is 0 Å². The molecule has 0 aliphatic carbocycles. The Kier molecular flexibility index (Phi) is 4.12. The third-order valence-corrected chi connectivity index (χ3v) is 3.80. The second-order valence-electron chi connectivity index (χ2n) is 5.09. The molecule has 3 rings (SSSR count). The fourth-order valence-corrected chi connectivity index (χ4v) is 2.67. The first-order valence-electron chi connectivity index (χ1n) is 7.21. The Balaban J connectivity index is 2.44. The van der Waals surface area contributed by atoms with E-state index in [1.54, 1.807) is 30.3 Å². The standard InChI is InChI=1S/C18H16FNO4/c1-22-10-8-13-15(14(9-10)23-2)17(21)18(24-3)16(20-13)11-6-4-5-7-12(11)19/h4-9H,1-3H3,(H,20,21). The summed E-state index contributed by atoms with van der Waals surface area (Å²) in [7, 11) is 4.35. The maximum atomic E-state index is 14.2. The Morgan fingerprint density at radius 3 is 2.38 bits per heavy atom. The highest BCUT2D eigenvalue weighted by molar-refractivity contribution is 5.90. The normalized spacial score (nSPS) is 10.7. The molecule has 0 aliphatic heterocycles. The molecule has 24 heavy (non-hydrogen) atoms. The highest BCUT2D eigenvalue weighted by Crippen LogP contribution is 2.34. The van der Waals surface area contributed by atoms with E-state index < -0.39 is 5.82 Å². The molecule has 6 heteroatoms. The molecule has 0 atom stereocenters. The molecule has 1 N–H and O–H groups in total. The average Bonchev–Trinajstić information content (AvgIpc) is 2.60. The lowest BCUT2D eigenvalue weighted by molar-refractivity contribution is 0.396. The number of methoxy groups -OCH3 is 3. The molecule has 0 aliphatic rings. The Morgan fingerprint density at radius 1 is 1.00 bits per heavy atom. The molecule has 0 saturated heterocycles. The van der Waals surface area contributed by atoms with Crippen LogP contribution in [0.1, 0.15) is 0 Å². The van der Waals surface area contributed by atoms with Crippen LogP contribution >= 0.6 is 0 Å². The number of nitrogens with one attached hydrogen (secondary N) is 1. The molecule has 124 valence electrons. The SMILES string of the molecule is COc1cc(OC)c2c(=O)c(OC)c(-c3ccccc3F)[nH]c2c1. The molecule has 0 amide bonds. The van der Waals surface area contributed by atoms with Crippen LogP contribution in [0.2, 0.25) is 0 Å². The van der Waals surface area contributed by atoms with Gasteiger partial charge in [0.15, 0.2) is 5.75 Å². The van der Waals surface area contributed by atoms with Gasteiger partial charge in [-0.3, -0.25) is 4.79 Å². The summed E-state index contributed by atoms with van der Waals surface area (Å²) in [6, 6.07) is 9.43. The zero-order valence-electron chi connectivity index (χ0n) is 13.5. The number of hydrogen-bond acceptors (Lipinski definition) is 4. The van der Waals surface area contributed by atoms with Gasteiger partial charge in [0.2, 0.25) is 5.43 Å². The van der Waals surface area contributed by atoms with Gasteiger partial charge in [-0.2, -0.15) is 0 Å². The number of benzene rings is 2. The van der Waals surface area contributed by atoms with Gasteiger partial charge in [0.1, 0.15) is 17.3 Å². The minimum absolute atomic E-state index is 0.0241. The van der Waals surface area contributed by atoms with Gasteiger partial charge >= 0.3 is 0 Å². The van der Waals surface area contributed by atoms with Crippen LogP contribution < -0.4 is 19.6 Å². The number of halogens is 1. The molecular formula is C18H16FNO4. The minimum Gasteiger partial charge on any atom is -0.497 e. The van der Waals surface area contributed by atoms with Gasteiger partial charge < -0.3 is 19.2 Å². The lowest BCUT2D eigenvalue weighted by atomic mass is 10.1. The summed E-state index contributed by atoms with van der Waals surface area (Å²) in [6.45, 7) is 0. The van der Waals surface area contributed by atoms with Crippen LogP contribution in [0.4, 0.5) is 4.39 Å². The third-order valence-electron chi connectivity index (χ3n) is 3.80. The van der Waals surface area contributed by atoms with Crippen LogP contribution in [0.5, 0.6) is 17.2 Å². The topological polar surface area (TPSA) is 60.6 Å². The number of hydrogen-bond donors (Lipinski definition) is 1. The molecule has 0 radical (unpaired) electrons. The predicted molar refractivity (Wildman–Crippen MR) is 89.6 cm³/mol. The molecular weight excluding hydrogens is 313 g/mol. The van der Waals surface area contributed by atoms with Crippen molar-refractivity contribution >= 4 is 10.9 Å². The fraction of sp³-hybridized carbons (Fsp3) is 0.167. The third kappa shape index (κ3) is 2.46. The van der Waals surface area contributed by atoms with Crippen LogP contribution in [0.15, 0.2) is 41.2 Å². The largest absolute Gasteiger partial charge is 0.497 e. The summed E-state index contributed by atoms with van der Waals surface area (Å²) in [5.41, 5.74) is 0.595. The smallest absolute Gasteiger partial charge is 0.235 e. The van der Waals surface area contributed by atoms with E-state index in [9.17, 15) is 9.18 Å². The summed E-state index contributed by atoms with van der Waals surface area (Å²) >= 11 is 0. The van der Waals surface area contributed by atoms with Gasteiger partial charge in [-0.05, 0) is 12.1 Å². The number of fused-ring (bicyclic) bond motifs is 1. The maximum Gasteiger partial charge on any atom is 0.235 e. The number of pyridine rings is 1. The van der Waals surface area contributed by atoms with Crippen LogP contribution in [0, 0.1) is 5.82 Å². The van der Waals surface area contributed by atoms with Gasteiger partial charge in [-0.25, -0.2) is 4.39 Å². The Morgan fingerprint density at radius 2 is 1.75 bits per heavy atom. The highest BCUT2D eigenvalue weighted by Gasteiger charge is 2.20. The van der Waals surface area contributed by atoms with Crippen LogP contribution in [-0.4, -0.2) is 26.3 Å². The van der Waals surface area contributed by atoms with Crippen molar-refractivity contribution in [1.29, 1.82) is 0 Å². The highest BCUT2D eigenvalue weighted by atomic mass is 19.1. The summed E-state index contributed by atoms with van der Waals surface area (Å²) in [5.74, 6) is 0.431. The monoisotopic (exact) mass is 329 g/mol. The zero-order chi connectivity index (χ0) is 17.3. The Bertz CT molecular complexity index is 965. The fourth-order valence-electron chi connectivity index (χ4n) is 2.67. The lowest BCUT2D eigenvalue weighted by Gasteiger charge is -2.14. The van der Waals surface area contributed by atoms with Gasteiger partial charge in [-0.15, -0.1) is 0 Å². The number of H-pyrrole nitrogens is 1. The maximum absolute atomic E-state index is 14.2. The van der Waals surface area contributed by atoms with Crippen molar-refractivity contribution in [3.63, 3.8) is 0 Å². The number of aromatic nitrogens is 1. The molecule has 0 bridgehead atoms. The first kappa shape index (κ1) is 15.9. The van der Waals surface area contributed by atoms with E-state index in [4.69, 9.17) is 14.2 Å². The quantitative estimate of drug-likeness (QED) is 0.797. The summed E-state index contributed by atoms with van der Waals surface area (Å²) < 4.78 is 30.0. The second-order valence-corrected chi connectivity index (χ2v) is 5.09. The molecule has 0 fully saturated rings. The van der Waals surface area contributed by atoms with E-state index in [1.165, 1.54) is 27.4 Å². The molecule has 0 saturated carbocycles. The number of rotatable bonds is 4. The van der Waals surface area contributed by atoms with E-state index >= 15 is 0 Å². The first-order chi connectivity index (χ1) is 11.6. The van der Waals surface area contributed by atoms with Crippen molar-refractivity contribution in [1.82, 2.24) is 4.98 Å². The van der Waals surface area contributed by atoms with Crippen molar-refractivity contribution in [2.24, 2.45) is 0 Å². The second kappa shape index (κ2) is 6.23. The summed E-state index contributed by atoms with van der Waals surface area (Å²) in [6.07, 6.45) is 0. The van der Waals surface area contributed by atoms with Crippen LogP contribution in [0.3, 0.4) is 0 Å². The summed E-state index contributed by atoms with van der Waals surface area (Å²) in [4.78, 5) is 15.9. The van der Waals surface area contributed by atoms with E-state index in [0.29, 0.717) is 22.4 Å². The molecule has 3 aromatic rings.